The molecule has 23 heavy (non-hydrogen) atoms. The van der Waals surface area contributed by atoms with E-state index in [9.17, 15) is 18.0 Å². The lowest BCUT2D eigenvalue weighted by Gasteiger charge is -2.39. The van der Waals surface area contributed by atoms with Crippen LogP contribution in [0.5, 0.6) is 0 Å². The Labute approximate surface area is 139 Å². The number of halogens is 4. The largest absolute Gasteiger partial charge is 0.417 e. The maximum atomic E-state index is 13.2. The number of hydrogen-bond acceptors (Lipinski definition) is 2. The lowest BCUT2D eigenvalue weighted by molar-refractivity contribution is -0.137. The van der Waals surface area contributed by atoms with Gasteiger partial charge in [0.25, 0.3) is 5.91 Å². The lowest BCUT2D eigenvalue weighted by atomic mass is 9.96. The molecule has 0 aliphatic carbocycles. The summed E-state index contributed by atoms with van der Waals surface area (Å²) in [7, 11) is 0. The van der Waals surface area contributed by atoms with Crippen LogP contribution in [-0.4, -0.2) is 29.9 Å². The van der Waals surface area contributed by atoms with Gasteiger partial charge in [-0.25, -0.2) is 0 Å². The lowest BCUT2D eigenvalue weighted by Crippen LogP contribution is -2.52. The number of piperazine rings is 1. The second-order valence-corrected chi connectivity index (χ2v) is 6.44. The Bertz CT molecular complexity index is 603. The number of carbonyl (C=O) groups excluding carboxylic acids is 1. The van der Waals surface area contributed by atoms with Gasteiger partial charge >= 0.3 is 6.18 Å². The van der Waals surface area contributed by atoms with E-state index in [1.807, 2.05) is 0 Å². The van der Waals surface area contributed by atoms with Crippen LogP contribution in [0.1, 0.15) is 47.8 Å². The molecule has 0 unspecified atom stereocenters. The van der Waals surface area contributed by atoms with Gasteiger partial charge in [-0.05, 0) is 24.0 Å². The zero-order valence-corrected chi connectivity index (χ0v) is 13.8. The third kappa shape index (κ3) is 3.06. The normalized spacial score (nSPS) is 23.6. The standard InChI is InChI=1S/C16H19F3N2O.ClH/c1-9(2)6-10-7-20-8-13-11-4-3-5-12(16(17,18)19)14(11)15(22)21(10)13;/h3-5,9-10,13,20H,6-8H2,1-2H3;1H/t10-,13-;/m0./s1. The molecule has 2 aliphatic heterocycles. The first-order valence-electron chi connectivity index (χ1n) is 7.54. The molecule has 2 heterocycles. The Balaban J connectivity index is 0.00000192. The van der Waals surface area contributed by atoms with E-state index in [1.54, 1.807) is 11.0 Å². The zero-order valence-electron chi connectivity index (χ0n) is 13.0. The van der Waals surface area contributed by atoms with Crippen molar-refractivity contribution in [3.05, 3.63) is 34.9 Å². The van der Waals surface area contributed by atoms with Crippen molar-refractivity contribution < 1.29 is 18.0 Å². The van der Waals surface area contributed by atoms with Crippen molar-refractivity contribution in [1.29, 1.82) is 0 Å². The van der Waals surface area contributed by atoms with Gasteiger partial charge in [0.05, 0.1) is 17.2 Å². The van der Waals surface area contributed by atoms with Crippen LogP contribution in [0.2, 0.25) is 0 Å². The van der Waals surface area contributed by atoms with Crippen molar-refractivity contribution in [1.82, 2.24) is 10.2 Å². The van der Waals surface area contributed by atoms with Gasteiger partial charge in [-0.3, -0.25) is 4.79 Å². The molecule has 3 nitrogen and oxygen atoms in total. The molecule has 1 amide bonds. The summed E-state index contributed by atoms with van der Waals surface area (Å²) in [6, 6.07) is 3.69. The maximum absolute atomic E-state index is 13.2. The average molecular weight is 349 g/mol. The highest BCUT2D eigenvalue weighted by Gasteiger charge is 2.47. The highest BCUT2D eigenvalue weighted by Crippen LogP contribution is 2.43. The second-order valence-electron chi connectivity index (χ2n) is 6.44. The molecule has 1 fully saturated rings. The van der Waals surface area contributed by atoms with E-state index in [2.05, 4.69) is 19.2 Å². The van der Waals surface area contributed by atoms with E-state index >= 15 is 0 Å². The number of fused-ring (bicyclic) bond motifs is 3. The molecular formula is C16H20ClF3N2O. The summed E-state index contributed by atoms with van der Waals surface area (Å²) >= 11 is 0. The monoisotopic (exact) mass is 348 g/mol. The van der Waals surface area contributed by atoms with Crippen LogP contribution in [0.4, 0.5) is 13.2 Å². The molecule has 0 radical (unpaired) electrons. The minimum Gasteiger partial charge on any atom is -0.326 e. The smallest absolute Gasteiger partial charge is 0.326 e. The van der Waals surface area contributed by atoms with E-state index in [-0.39, 0.29) is 30.1 Å². The molecule has 1 aromatic carbocycles. The molecule has 3 rings (SSSR count). The number of nitrogens with zero attached hydrogens (tertiary/aromatic N) is 1. The molecule has 0 spiro atoms. The van der Waals surface area contributed by atoms with Crippen molar-refractivity contribution >= 4 is 18.3 Å². The molecule has 1 saturated heterocycles. The van der Waals surface area contributed by atoms with Crippen LogP contribution in [0.3, 0.4) is 0 Å². The van der Waals surface area contributed by atoms with Crippen LogP contribution in [0.25, 0.3) is 0 Å². The number of rotatable bonds is 2. The number of amides is 1. The molecule has 2 aliphatic rings. The Morgan fingerprint density at radius 3 is 2.61 bits per heavy atom. The fraction of sp³-hybridized carbons (Fsp3) is 0.562. The van der Waals surface area contributed by atoms with E-state index < -0.39 is 17.6 Å². The van der Waals surface area contributed by atoms with Crippen molar-refractivity contribution in [2.45, 2.75) is 38.5 Å². The quantitative estimate of drug-likeness (QED) is 0.885. The highest BCUT2D eigenvalue weighted by atomic mass is 35.5. The summed E-state index contributed by atoms with van der Waals surface area (Å²) in [5, 5.41) is 3.26. The molecule has 0 saturated carbocycles. The van der Waals surface area contributed by atoms with Crippen molar-refractivity contribution in [2.75, 3.05) is 13.1 Å². The van der Waals surface area contributed by atoms with Gasteiger partial charge in [-0.1, -0.05) is 26.0 Å². The van der Waals surface area contributed by atoms with Crippen molar-refractivity contribution in [2.24, 2.45) is 5.92 Å². The van der Waals surface area contributed by atoms with E-state index in [0.717, 1.165) is 12.5 Å². The molecule has 1 aromatic rings. The SMILES string of the molecule is CC(C)C[C@H]1CNC[C@H]2c3cccc(C(F)(F)F)c3C(=O)N12.Cl. The first kappa shape index (κ1) is 18.1. The van der Waals surface area contributed by atoms with Crippen LogP contribution in [0.15, 0.2) is 18.2 Å². The molecule has 1 N–H and O–H groups in total. The summed E-state index contributed by atoms with van der Waals surface area (Å²) in [5.74, 6) is -0.0933. The van der Waals surface area contributed by atoms with Crippen LogP contribution in [-0.2, 0) is 6.18 Å². The predicted molar refractivity (Wildman–Crippen MR) is 83.7 cm³/mol. The third-order valence-electron chi connectivity index (χ3n) is 4.40. The van der Waals surface area contributed by atoms with Gasteiger partial charge < -0.3 is 10.2 Å². The molecule has 128 valence electrons. The Kier molecular flexibility index (Phi) is 4.97. The molecule has 0 aromatic heterocycles. The summed E-state index contributed by atoms with van der Waals surface area (Å²) in [6.45, 7) is 5.25. The van der Waals surface area contributed by atoms with Gasteiger partial charge in [-0.15, -0.1) is 12.4 Å². The number of alkyl halides is 3. The Morgan fingerprint density at radius 1 is 1.30 bits per heavy atom. The van der Waals surface area contributed by atoms with Gasteiger partial charge in [0.15, 0.2) is 0 Å². The topological polar surface area (TPSA) is 32.3 Å². The fourth-order valence-electron chi connectivity index (χ4n) is 3.60. The second kappa shape index (κ2) is 6.32. The first-order valence-corrected chi connectivity index (χ1v) is 7.54. The van der Waals surface area contributed by atoms with Crippen LogP contribution in [0, 0.1) is 5.92 Å². The average Bonchev–Trinajstić information content (AvgIpc) is 2.72. The summed E-state index contributed by atoms with van der Waals surface area (Å²) in [4.78, 5) is 14.4. The Hall–Kier alpha value is -1.27. The third-order valence-corrected chi connectivity index (χ3v) is 4.40. The van der Waals surface area contributed by atoms with Gasteiger partial charge in [0.1, 0.15) is 0 Å². The Morgan fingerprint density at radius 2 is 2.00 bits per heavy atom. The van der Waals surface area contributed by atoms with E-state index in [1.165, 1.54) is 6.07 Å². The van der Waals surface area contributed by atoms with E-state index in [0.29, 0.717) is 24.6 Å². The summed E-state index contributed by atoms with van der Waals surface area (Å²) in [5.41, 5.74) is -0.467. The van der Waals surface area contributed by atoms with Gasteiger partial charge in [0, 0.05) is 19.1 Å². The molecule has 2 atom stereocenters. The number of carbonyl (C=O) groups is 1. The maximum Gasteiger partial charge on any atom is 0.417 e. The first-order chi connectivity index (χ1) is 10.3. The van der Waals surface area contributed by atoms with Crippen LogP contribution >= 0.6 is 12.4 Å². The zero-order chi connectivity index (χ0) is 16.1. The van der Waals surface area contributed by atoms with Gasteiger partial charge in [0.2, 0.25) is 0 Å². The van der Waals surface area contributed by atoms with Crippen molar-refractivity contribution in [3.8, 4) is 0 Å². The van der Waals surface area contributed by atoms with Gasteiger partial charge in [-0.2, -0.15) is 13.2 Å². The van der Waals surface area contributed by atoms with E-state index in [4.69, 9.17) is 0 Å². The van der Waals surface area contributed by atoms with Crippen molar-refractivity contribution in [3.63, 3.8) is 0 Å². The number of nitrogens with one attached hydrogen (secondary N) is 1. The number of hydrogen-bond donors (Lipinski definition) is 1. The molecule has 0 bridgehead atoms. The fourth-order valence-corrected chi connectivity index (χ4v) is 3.60. The number of benzene rings is 1. The highest BCUT2D eigenvalue weighted by molar-refractivity contribution is 6.01. The minimum absolute atomic E-state index is 0. The van der Waals surface area contributed by atoms with Crippen LogP contribution < -0.4 is 5.32 Å². The molecule has 7 heteroatoms. The summed E-state index contributed by atoms with van der Waals surface area (Å²) in [6.07, 6.45) is -3.72. The minimum atomic E-state index is -4.50. The molecular weight excluding hydrogens is 329 g/mol. The summed E-state index contributed by atoms with van der Waals surface area (Å²) < 4.78 is 39.6. The predicted octanol–water partition coefficient (Wildman–Crippen LogP) is 3.64.